The van der Waals surface area contributed by atoms with Gasteiger partial charge in [0.2, 0.25) is 0 Å². The Morgan fingerprint density at radius 2 is 2.15 bits per heavy atom. The molecule has 1 aromatic carbocycles. The second kappa shape index (κ2) is 4.98. The number of benzene rings is 1. The number of hydrogen-bond acceptors (Lipinski definition) is 2. The number of nitrogens with one attached hydrogen (secondary N) is 1. The van der Waals surface area contributed by atoms with Crippen molar-refractivity contribution in [2.75, 3.05) is 5.32 Å². The number of halogens is 1. The van der Waals surface area contributed by atoms with Gasteiger partial charge in [-0.2, -0.15) is 0 Å². The van der Waals surface area contributed by atoms with E-state index in [2.05, 4.69) is 10.3 Å². The summed E-state index contributed by atoms with van der Waals surface area (Å²) in [5, 5.41) is 3.54. The van der Waals surface area contributed by atoms with Crippen molar-refractivity contribution in [2.45, 2.75) is 6.92 Å². The molecule has 0 spiro atoms. The van der Waals surface area contributed by atoms with Crippen LogP contribution in [0.4, 0.5) is 5.69 Å². The number of rotatable bonds is 2. The maximum absolute atomic E-state index is 12.2. The number of imidazole rings is 1. The molecule has 0 bridgehead atoms. The molecule has 2 aromatic heterocycles. The van der Waals surface area contributed by atoms with E-state index in [9.17, 15) is 4.79 Å². The first-order valence-corrected chi connectivity index (χ1v) is 6.50. The third-order valence-corrected chi connectivity index (χ3v) is 3.35. The summed E-state index contributed by atoms with van der Waals surface area (Å²) >= 11 is 5.90. The van der Waals surface area contributed by atoms with Crippen molar-refractivity contribution >= 4 is 28.7 Å². The van der Waals surface area contributed by atoms with Gasteiger partial charge in [-0.05, 0) is 42.8 Å². The maximum atomic E-state index is 12.2. The Kier molecular flexibility index (Phi) is 3.16. The topological polar surface area (TPSA) is 46.4 Å². The van der Waals surface area contributed by atoms with Gasteiger partial charge in [0.05, 0.1) is 18.0 Å². The third-order valence-electron chi connectivity index (χ3n) is 3.11. The Morgan fingerprint density at radius 3 is 2.95 bits per heavy atom. The molecule has 0 aliphatic carbocycles. The molecule has 4 nitrogen and oxygen atoms in total. The average Bonchev–Trinajstić information content (AvgIpc) is 2.89. The summed E-state index contributed by atoms with van der Waals surface area (Å²) in [6.45, 7) is 1.90. The van der Waals surface area contributed by atoms with E-state index in [1.165, 1.54) is 0 Å². The second-order valence-electron chi connectivity index (χ2n) is 4.55. The van der Waals surface area contributed by atoms with Crippen molar-refractivity contribution in [1.29, 1.82) is 0 Å². The van der Waals surface area contributed by atoms with Gasteiger partial charge < -0.3 is 9.72 Å². The van der Waals surface area contributed by atoms with Gasteiger partial charge in [-0.3, -0.25) is 4.79 Å². The second-order valence-corrected chi connectivity index (χ2v) is 4.99. The molecule has 0 saturated heterocycles. The molecule has 0 aliphatic rings. The SMILES string of the molecule is Cc1cc(Cl)ccc1NC(=O)c1ccn2cncc2c1. The Balaban J connectivity index is 1.88. The highest BCUT2D eigenvalue weighted by Gasteiger charge is 2.09. The van der Waals surface area contributed by atoms with Gasteiger partial charge >= 0.3 is 0 Å². The van der Waals surface area contributed by atoms with Crippen LogP contribution < -0.4 is 5.32 Å². The molecule has 0 radical (unpaired) electrons. The van der Waals surface area contributed by atoms with Crippen LogP contribution in [0.3, 0.4) is 0 Å². The molecule has 1 amide bonds. The number of nitrogens with zero attached hydrogens (tertiary/aromatic N) is 2. The predicted molar refractivity (Wildman–Crippen MR) is 79.3 cm³/mol. The number of pyridine rings is 1. The number of aryl methyl sites for hydroxylation is 1. The summed E-state index contributed by atoms with van der Waals surface area (Å²) in [7, 11) is 0. The van der Waals surface area contributed by atoms with E-state index in [1.807, 2.05) is 23.6 Å². The molecule has 0 fully saturated rings. The maximum Gasteiger partial charge on any atom is 0.255 e. The highest BCUT2D eigenvalue weighted by molar-refractivity contribution is 6.30. The van der Waals surface area contributed by atoms with Crippen LogP contribution in [0, 0.1) is 6.92 Å². The number of carbonyl (C=O) groups is 1. The zero-order valence-electron chi connectivity index (χ0n) is 10.8. The molecule has 3 aromatic rings. The van der Waals surface area contributed by atoms with E-state index in [0.717, 1.165) is 16.8 Å². The molecule has 0 atom stereocenters. The van der Waals surface area contributed by atoms with Gasteiger partial charge in [0.1, 0.15) is 0 Å². The van der Waals surface area contributed by atoms with Crippen LogP contribution in [-0.4, -0.2) is 15.3 Å². The fraction of sp³-hybridized carbons (Fsp3) is 0.0667. The summed E-state index contributed by atoms with van der Waals surface area (Å²) in [5.74, 6) is -0.154. The van der Waals surface area contributed by atoms with Crippen molar-refractivity contribution in [3.63, 3.8) is 0 Å². The lowest BCUT2D eigenvalue weighted by molar-refractivity contribution is 0.102. The van der Waals surface area contributed by atoms with Crippen molar-refractivity contribution in [2.24, 2.45) is 0 Å². The zero-order chi connectivity index (χ0) is 14.1. The smallest absolute Gasteiger partial charge is 0.255 e. The van der Waals surface area contributed by atoms with Gasteiger partial charge in [-0.15, -0.1) is 0 Å². The lowest BCUT2D eigenvalue weighted by Crippen LogP contribution is -2.12. The van der Waals surface area contributed by atoms with Crippen LogP contribution in [0.2, 0.25) is 5.02 Å². The Morgan fingerprint density at radius 1 is 1.30 bits per heavy atom. The number of anilines is 1. The monoisotopic (exact) mass is 285 g/mol. The van der Waals surface area contributed by atoms with Gasteiger partial charge in [-0.1, -0.05) is 11.6 Å². The summed E-state index contributed by atoms with van der Waals surface area (Å²) in [6, 6.07) is 8.93. The molecule has 0 saturated carbocycles. The van der Waals surface area contributed by atoms with Crippen LogP contribution in [0.25, 0.3) is 5.52 Å². The van der Waals surface area contributed by atoms with Gasteiger partial charge in [0.25, 0.3) is 5.91 Å². The van der Waals surface area contributed by atoms with Gasteiger partial charge in [0, 0.05) is 22.5 Å². The molecular formula is C15H12ClN3O. The average molecular weight is 286 g/mol. The minimum atomic E-state index is -0.154. The first-order chi connectivity index (χ1) is 9.63. The molecule has 2 heterocycles. The van der Waals surface area contributed by atoms with E-state index in [1.54, 1.807) is 36.8 Å². The lowest BCUT2D eigenvalue weighted by atomic mass is 10.2. The van der Waals surface area contributed by atoms with E-state index >= 15 is 0 Å². The van der Waals surface area contributed by atoms with E-state index in [4.69, 9.17) is 11.6 Å². The first kappa shape index (κ1) is 12.7. The van der Waals surface area contributed by atoms with Crippen LogP contribution >= 0.6 is 11.6 Å². The van der Waals surface area contributed by atoms with E-state index in [0.29, 0.717) is 10.6 Å². The predicted octanol–water partition coefficient (Wildman–Crippen LogP) is 3.55. The number of fused-ring (bicyclic) bond motifs is 1. The summed E-state index contributed by atoms with van der Waals surface area (Å²) in [5.41, 5.74) is 3.15. The number of carbonyl (C=O) groups excluding carboxylic acids is 1. The molecular weight excluding hydrogens is 274 g/mol. The lowest BCUT2D eigenvalue weighted by Gasteiger charge is -2.09. The quantitative estimate of drug-likeness (QED) is 0.783. The van der Waals surface area contributed by atoms with Crippen LogP contribution in [0.1, 0.15) is 15.9 Å². The fourth-order valence-corrected chi connectivity index (χ4v) is 2.25. The highest BCUT2D eigenvalue weighted by atomic mass is 35.5. The molecule has 3 rings (SSSR count). The van der Waals surface area contributed by atoms with Crippen LogP contribution in [0.5, 0.6) is 0 Å². The third kappa shape index (κ3) is 2.38. The first-order valence-electron chi connectivity index (χ1n) is 6.13. The van der Waals surface area contributed by atoms with Crippen molar-refractivity contribution in [1.82, 2.24) is 9.38 Å². The Labute approximate surface area is 121 Å². The number of amides is 1. The molecule has 0 unspecified atom stereocenters. The Hall–Kier alpha value is -2.33. The largest absolute Gasteiger partial charge is 0.322 e. The summed E-state index contributed by atoms with van der Waals surface area (Å²) < 4.78 is 1.85. The summed E-state index contributed by atoms with van der Waals surface area (Å²) in [4.78, 5) is 16.3. The van der Waals surface area contributed by atoms with Gasteiger partial charge in [-0.25, -0.2) is 4.98 Å². The molecule has 20 heavy (non-hydrogen) atoms. The summed E-state index contributed by atoms with van der Waals surface area (Å²) in [6.07, 6.45) is 5.22. The van der Waals surface area contributed by atoms with Crippen molar-refractivity contribution in [3.05, 3.63) is 65.2 Å². The molecule has 0 aliphatic heterocycles. The Bertz CT molecular complexity index is 795. The zero-order valence-corrected chi connectivity index (χ0v) is 11.6. The van der Waals surface area contributed by atoms with Crippen LogP contribution in [-0.2, 0) is 0 Å². The minimum absolute atomic E-state index is 0.154. The molecule has 5 heteroatoms. The fourth-order valence-electron chi connectivity index (χ4n) is 2.02. The highest BCUT2D eigenvalue weighted by Crippen LogP contribution is 2.20. The normalized spacial score (nSPS) is 10.7. The number of aromatic nitrogens is 2. The molecule has 100 valence electrons. The minimum Gasteiger partial charge on any atom is -0.322 e. The number of hydrogen-bond donors (Lipinski definition) is 1. The van der Waals surface area contributed by atoms with Crippen LogP contribution in [0.15, 0.2) is 49.1 Å². The van der Waals surface area contributed by atoms with Gasteiger partial charge in [0.15, 0.2) is 0 Å². The van der Waals surface area contributed by atoms with Crippen molar-refractivity contribution in [3.8, 4) is 0 Å². The van der Waals surface area contributed by atoms with Crippen molar-refractivity contribution < 1.29 is 4.79 Å². The molecule has 1 N–H and O–H groups in total. The standard InChI is InChI=1S/C15H12ClN3O/c1-10-6-12(16)2-3-14(10)18-15(20)11-4-5-19-9-17-8-13(19)7-11/h2-9H,1H3,(H,18,20). The van der Waals surface area contributed by atoms with E-state index in [-0.39, 0.29) is 5.91 Å². The van der Waals surface area contributed by atoms with E-state index < -0.39 is 0 Å².